The van der Waals surface area contributed by atoms with Crippen LogP contribution in [0.5, 0.6) is 0 Å². The van der Waals surface area contributed by atoms with Gasteiger partial charge in [-0.3, -0.25) is 0 Å². The molecule has 0 radical (unpaired) electrons. The quantitative estimate of drug-likeness (QED) is 0.803. The van der Waals surface area contributed by atoms with Gasteiger partial charge in [-0.25, -0.2) is 4.39 Å². The number of piperidine rings is 1. The molecule has 1 spiro atoms. The van der Waals surface area contributed by atoms with E-state index in [1.807, 2.05) is 12.1 Å². The molecule has 4 atom stereocenters. The van der Waals surface area contributed by atoms with Crippen molar-refractivity contribution in [2.24, 2.45) is 17.3 Å². The fourth-order valence-corrected chi connectivity index (χ4v) is 4.70. The summed E-state index contributed by atoms with van der Waals surface area (Å²) in [5.41, 5.74) is 1.74. The van der Waals surface area contributed by atoms with E-state index in [0.717, 1.165) is 24.9 Å². The molecule has 2 aliphatic rings. The number of rotatable bonds is 1. The first-order valence-electron chi connectivity index (χ1n) is 8.08. The number of benzene rings is 1. The highest BCUT2D eigenvalue weighted by molar-refractivity contribution is 5.25. The highest BCUT2D eigenvalue weighted by Crippen LogP contribution is 2.55. The largest absolute Gasteiger partial charge is 0.316 e. The lowest BCUT2D eigenvalue weighted by atomic mass is 9.54. The minimum atomic E-state index is -0.128. The zero-order valence-electron chi connectivity index (χ0n) is 12.7. The van der Waals surface area contributed by atoms with Gasteiger partial charge in [0.25, 0.3) is 0 Å². The Bertz CT molecular complexity index is 455. The van der Waals surface area contributed by atoms with E-state index in [4.69, 9.17) is 0 Å². The fourth-order valence-electron chi connectivity index (χ4n) is 4.70. The lowest BCUT2D eigenvalue weighted by molar-refractivity contribution is 0.0184. The Hall–Kier alpha value is -0.890. The summed E-state index contributed by atoms with van der Waals surface area (Å²) in [6.07, 6.45) is 5.31. The predicted octanol–water partition coefficient (Wildman–Crippen LogP) is 4.35. The van der Waals surface area contributed by atoms with Crippen LogP contribution < -0.4 is 5.32 Å². The van der Waals surface area contributed by atoms with Crippen LogP contribution in [-0.4, -0.2) is 13.1 Å². The van der Waals surface area contributed by atoms with Gasteiger partial charge in [0.05, 0.1) is 0 Å². The van der Waals surface area contributed by atoms with Gasteiger partial charge < -0.3 is 5.32 Å². The molecule has 0 amide bonds. The maximum atomic E-state index is 13.2. The van der Waals surface area contributed by atoms with E-state index >= 15 is 0 Å². The fraction of sp³-hybridized carbons (Fsp3) is 0.667. The second kappa shape index (κ2) is 5.48. The number of hydrogen-bond donors (Lipinski definition) is 1. The molecule has 2 fully saturated rings. The Labute approximate surface area is 122 Å². The van der Waals surface area contributed by atoms with Crippen LogP contribution >= 0.6 is 0 Å². The van der Waals surface area contributed by atoms with Gasteiger partial charge in [0.1, 0.15) is 5.82 Å². The van der Waals surface area contributed by atoms with Crippen LogP contribution in [0.3, 0.4) is 0 Å². The number of hydrogen-bond acceptors (Lipinski definition) is 1. The van der Waals surface area contributed by atoms with Gasteiger partial charge in [-0.15, -0.1) is 0 Å². The van der Waals surface area contributed by atoms with Crippen molar-refractivity contribution in [3.8, 4) is 0 Å². The molecule has 20 heavy (non-hydrogen) atoms. The van der Waals surface area contributed by atoms with Crippen molar-refractivity contribution in [1.82, 2.24) is 5.32 Å². The summed E-state index contributed by atoms with van der Waals surface area (Å²) in [4.78, 5) is 0. The first-order chi connectivity index (χ1) is 9.62. The summed E-state index contributed by atoms with van der Waals surface area (Å²) in [7, 11) is 0. The minimum absolute atomic E-state index is 0.128. The zero-order chi connectivity index (χ0) is 14.2. The van der Waals surface area contributed by atoms with Crippen LogP contribution in [0.25, 0.3) is 0 Å². The second-order valence-electron chi connectivity index (χ2n) is 7.08. The monoisotopic (exact) mass is 275 g/mol. The third kappa shape index (κ3) is 2.39. The predicted molar refractivity (Wildman–Crippen MR) is 81.2 cm³/mol. The highest BCUT2D eigenvalue weighted by Gasteiger charge is 2.47. The van der Waals surface area contributed by atoms with Crippen LogP contribution in [-0.2, 0) is 0 Å². The molecular formula is C18H26FN. The Balaban J connectivity index is 1.95. The van der Waals surface area contributed by atoms with Crippen LogP contribution in [0.2, 0.25) is 0 Å². The molecular weight excluding hydrogens is 249 g/mol. The average Bonchev–Trinajstić information content (AvgIpc) is 2.45. The van der Waals surface area contributed by atoms with Gasteiger partial charge >= 0.3 is 0 Å². The SMILES string of the molecule is CC1CCC(C)C2(CCNCC2c2ccc(F)cc2)C1. The summed E-state index contributed by atoms with van der Waals surface area (Å²) >= 11 is 0. The lowest BCUT2D eigenvalue weighted by Gasteiger charge is -2.53. The summed E-state index contributed by atoms with van der Waals surface area (Å²) in [6, 6.07) is 7.24. The molecule has 0 bridgehead atoms. The molecule has 0 aromatic heterocycles. The van der Waals surface area contributed by atoms with E-state index in [-0.39, 0.29) is 5.82 Å². The maximum absolute atomic E-state index is 13.2. The van der Waals surface area contributed by atoms with E-state index < -0.39 is 0 Å². The molecule has 1 aromatic carbocycles. The van der Waals surface area contributed by atoms with Gasteiger partial charge in [0.2, 0.25) is 0 Å². The van der Waals surface area contributed by atoms with E-state index in [1.165, 1.54) is 31.2 Å². The average molecular weight is 275 g/mol. The van der Waals surface area contributed by atoms with Crippen molar-refractivity contribution in [1.29, 1.82) is 0 Å². The Morgan fingerprint density at radius 1 is 1.15 bits per heavy atom. The summed E-state index contributed by atoms with van der Waals surface area (Å²) < 4.78 is 13.2. The Kier molecular flexibility index (Phi) is 3.85. The second-order valence-corrected chi connectivity index (χ2v) is 7.08. The standard InChI is InChI=1S/C18H26FN/c1-13-3-4-14(2)18(11-13)9-10-20-12-17(18)15-5-7-16(19)8-6-15/h5-8,13-14,17,20H,3-4,9-12H2,1-2H3. The normalized spacial score (nSPS) is 38.0. The van der Waals surface area contributed by atoms with Gasteiger partial charge in [-0.2, -0.15) is 0 Å². The topological polar surface area (TPSA) is 12.0 Å². The van der Waals surface area contributed by atoms with Gasteiger partial charge in [0, 0.05) is 12.5 Å². The molecule has 2 heteroatoms. The summed E-state index contributed by atoms with van der Waals surface area (Å²) in [5.74, 6) is 2.01. The van der Waals surface area contributed by atoms with Gasteiger partial charge in [0.15, 0.2) is 0 Å². The van der Waals surface area contributed by atoms with Crippen LogP contribution in [0.4, 0.5) is 4.39 Å². The highest BCUT2D eigenvalue weighted by atomic mass is 19.1. The molecule has 4 unspecified atom stereocenters. The molecule has 1 saturated heterocycles. The molecule has 110 valence electrons. The van der Waals surface area contributed by atoms with Crippen molar-refractivity contribution in [2.45, 2.75) is 45.4 Å². The number of halogens is 1. The molecule has 1 heterocycles. The van der Waals surface area contributed by atoms with Crippen LogP contribution in [0, 0.1) is 23.1 Å². The zero-order valence-corrected chi connectivity index (χ0v) is 12.7. The molecule has 1 saturated carbocycles. The van der Waals surface area contributed by atoms with Crippen LogP contribution in [0.15, 0.2) is 24.3 Å². The van der Waals surface area contributed by atoms with Crippen molar-refractivity contribution in [2.75, 3.05) is 13.1 Å². The Morgan fingerprint density at radius 2 is 1.90 bits per heavy atom. The van der Waals surface area contributed by atoms with E-state index in [0.29, 0.717) is 11.3 Å². The first kappa shape index (κ1) is 14.1. The molecule has 1 aromatic rings. The summed E-state index contributed by atoms with van der Waals surface area (Å²) in [5, 5.41) is 3.56. The van der Waals surface area contributed by atoms with Crippen molar-refractivity contribution in [3.63, 3.8) is 0 Å². The lowest BCUT2D eigenvalue weighted by Crippen LogP contribution is -2.49. The van der Waals surface area contributed by atoms with Crippen molar-refractivity contribution in [3.05, 3.63) is 35.6 Å². The minimum Gasteiger partial charge on any atom is -0.316 e. The van der Waals surface area contributed by atoms with Crippen LogP contribution in [0.1, 0.15) is 51.0 Å². The van der Waals surface area contributed by atoms with Gasteiger partial charge in [-0.1, -0.05) is 32.4 Å². The van der Waals surface area contributed by atoms with E-state index in [2.05, 4.69) is 19.2 Å². The first-order valence-corrected chi connectivity index (χ1v) is 8.08. The third-order valence-corrected chi connectivity index (χ3v) is 5.88. The summed E-state index contributed by atoms with van der Waals surface area (Å²) in [6.45, 7) is 7.02. The van der Waals surface area contributed by atoms with Gasteiger partial charge in [-0.05, 0) is 60.8 Å². The molecule has 1 aliphatic heterocycles. The molecule has 1 aliphatic carbocycles. The molecule has 3 rings (SSSR count). The smallest absolute Gasteiger partial charge is 0.123 e. The number of nitrogens with one attached hydrogen (secondary N) is 1. The Morgan fingerprint density at radius 3 is 2.65 bits per heavy atom. The van der Waals surface area contributed by atoms with Crippen molar-refractivity contribution >= 4 is 0 Å². The molecule has 1 nitrogen and oxygen atoms in total. The molecule has 1 N–H and O–H groups in total. The van der Waals surface area contributed by atoms with Crippen molar-refractivity contribution < 1.29 is 4.39 Å². The third-order valence-electron chi connectivity index (χ3n) is 5.88. The van der Waals surface area contributed by atoms with E-state index in [9.17, 15) is 4.39 Å². The van der Waals surface area contributed by atoms with E-state index in [1.54, 1.807) is 12.1 Å². The maximum Gasteiger partial charge on any atom is 0.123 e.